The lowest BCUT2D eigenvalue weighted by molar-refractivity contribution is 0.309. The van der Waals surface area contributed by atoms with E-state index in [1.165, 1.54) is 11.3 Å². The molecule has 0 radical (unpaired) electrons. The highest BCUT2D eigenvalue weighted by Gasteiger charge is 2.00. The molecule has 16 heavy (non-hydrogen) atoms. The molecule has 0 aliphatic heterocycles. The zero-order chi connectivity index (χ0) is 11.4. The first-order chi connectivity index (χ1) is 7.78. The quantitative estimate of drug-likeness (QED) is 0.913. The standard InChI is InChI=1S/C11H11ClN2OS/c12-11-14-6-10(16-11)7-15-9-3-1-8(5-13)2-4-9/h1-4,6H,5,7,13H2. The number of rotatable bonds is 4. The Morgan fingerprint density at radius 1 is 1.31 bits per heavy atom. The molecule has 0 spiro atoms. The predicted octanol–water partition coefficient (Wildman–Crippen LogP) is 2.83. The third-order valence-electron chi connectivity index (χ3n) is 2.07. The van der Waals surface area contributed by atoms with Gasteiger partial charge in [0.15, 0.2) is 4.47 Å². The molecule has 3 nitrogen and oxygen atoms in total. The number of halogens is 1. The van der Waals surface area contributed by atoms with E-state index in [2.05, 4.69) is 4.98 Å². The molecule has 0 aliphatic carbocycles. The van der Waals surface area contributed by atoms with Crippen LogP contribution in [0, 0.1) is 0 Å². The Labute approximate surface area is 103 Å². The van der Waals surface area contributed by atoms with E-state index in [9.17, 15) is 0 Å². The fourth-order valence-corrected chi connectivity index (χ4v) is 2.12. The molecule has 0 fully saturated rings. The second-order valence-electron chi connectivity index (χ2n) is 3.22. The van der Waals surface area contributed by atoms with Gasteiger partial charge in [0.2, 0.25) is 0 Å². The maximum absolute atomic E-state index is 5.72. The minimum Gasteiger partial charge on any atom is -0.488 e. The second kappa shape index (κ2) is 5.30. The fraction of sp³-hybridized carbons (Fsp3) is 0.182. The summed E-state index contributed by atoms with van der Waals surface area (Å²) in [6.45, 7) is 1.04. The number of benzene rings is 1. The van der Waals surface area contributed by atoms with Gasteiger partial charge in [0.1, 0.15) is 12.4 Å². The molecule has 0 amide bonds. The van der Waals surface area contributed by atoms with E-state index < -0.39 is 0 Å². The van der Waals surface area contributed by atoms with Crippen LogP contribution in [0.25, 0.3) is 0 Å². The minimum atomic E-state index is 0.492. The van der Waals surface area contributed by atoms with Crippen molar-refractivity contribution in [2.24, 2.45) is 5.73 Å². The van der Waals surface area contributed by atoms with Gasteiger partial charge in [-0.25, -0.2) is 4.98 Å². The monoisotopic (exact) mass is 254 g/mol. The molecule has 1 aromatic carbocycles. The van der Waals surface area contributed by atoms with Crippen LogP contribution >= 0.6 is 22.9 Å². The maximum atomic E-state index is 5.72. The van der Waals surface area contributed by atoms with Crippen molar-refractivity contribution in [2.75, 3.05) is 0 Å². The van der Waals surface area contributed by atoms with E-state index in [0.717, 1.165) is 16.2 Å². The van der Waals surface area contributed by atoms with Crippen molar-refractivity contribution < 1.29 is 4.74 Å². The maximum Gasteiger partial charge on any atom is 0.183 e. The summed E-state index contributed by atoms with van der Waals surface area (Å²) in [7, 11) is 0. The van der Waals surface area contributed by atoms with E-state index in [-0.39, 0.29) is 0 Å². The van der Waals surface area contributed by atoms with Crippen LogP contribution in [0.15, 0.2) is 30.5 Å². The van der Waals surface area contributed by atoms with Crippen molar-refractivity contribution in [1.82, 2.24) is 4.98 Å². The van der Waals surface area contributed by atoms with Crippen molar-refractivity contribution in [3.8, 4) is 5.75 Å². The summed E-state index contributed by atoms with van der Waals surface area (Å²) in [6.07, 6.45) is 1.72. The average Bonchev–Trinajstić information content (AvgIpc) is 2.73. The normalized spacial score (nSPS) is 10.4. The highest BCUT2D eigenvalue weighted by atomic mass is 35.5. The first kappa shape index (κ1) is 11.4. The van der Waals surface area contributed by atoms with Gasteiger partial charge in [-0.1, -0.05) is 23.7 Å². The lowest BCUT2D eigenvalue weighted by Crippen LogP contribution is -1.96. The Morgan fingerprint density at radius 2 is 2.06 bits per heavy atom. The summed E-state index contributed by atoms with van der Waals surface area (Å²) in [5.74, 6) is 0.821. The van der Waals surface area contributed by atoms with E-state index in [1.807, 2.05) is 24.3 Å². The van der Waals surface area contributed by atoms with Gasteiger partial charge in [0.05, 0.1) is 4.88 Å². The fourth-order valence-electron chi connectivity index (χ4n) is 1.23. The van der Waals surface area contributed by atoms with E-state index in [1.54, 1.807) is 6.20 Å². The van der Waals surface area contributed by atoms with Crippen molar-refractivity contribution in [3.63, 3.8) is 0 Å². The molecule has 0 saturated carbocycles. The molecule has 1 heterocycles. The van der Waals surface area contributed by atoms with E-state index in [4.69, 9.17) is 22.1 Å². The Bertz CT molecular complexity index is 455. The molecule has 1 aromatic heterocycles. The molecule has 2 aromatic rings. The van der Waals surface area contributed by atoms with Crippen LogP contribution in [0.3, 0.4) is 0 Å². The Morgan fingerprint density at radius 3 is 2.62 bits per heavy atom. The molecule has 84 valence electrons. The van der Waals surface area contributed by atoms with Gasteiger partial charge in [-0.15, -0.1) is 11.3 Å². The molecule has 0 saturated heterocycles. The third-order valence-corrected chi connectivity index (χ3v) is 3.15. The summed E-state index contributed by atoms with van der Waals surface area (Å²) in [5.41, 5.74) is 6.60. The van der Waals surface area contributed by atoms with E-state index in [0.29, 0.717) is 17.6 Å². The van der Waals surface area contributed by atoms with Crippen LogP contribution in [0.5, 0.6) is 5.75 Å². The minimum absolute atomic E-state index is 0.492. The highest BCUT2D eigenvalue weighted by Crippen LogP contribution is 2.20. The number of hydrogen-bond acceptors (Lipinski definition) is 4. The molecule has 0 unspecified atom stereocenters. The van der Waals surface area contributed by atoms with Crippen molar-refractivity contribution in [1.29, 1.82) is 0 Å². The van der Waals surface area contributed by atoms with Crippen molar-refractivity contribution >= 4 is 22.9 Å². The van der Waals surface area contributed by atoms with E-state index >= 15 is 0 Å². The van der Waals surface area contributed by atoms with Gasteiger partial charge < -0.3 is 10.5 Å². The van der Waals surface area contributed by atoms with Crippen LogP contribution in [0.1, 0.15) is 10.4 Å². The van der Waals surface area contributed by atoms with Gasteiger partial charge in [-0.3, -0.25) is 0 Å². The average molecular weight is 255 g/mol. The molecule has 0 aliphatic rings. The lowest BCUT2D eigenvalue weighted by Gasteiger charge is -2.04. The summed E-state index contributed by atoms with van der Waals surface area (Å²) in [6, 6.07) is 7.72. The largest absolute Gasteiger partial charge is 0.488 e. The number of ether oxygens (including phenoxy) is 1. The summed E-state index contributed by atoms with van der Waals surface area (Å²) in [4.78, 5) is 4.95. The second-order valence-corrected chi connectivity index (χ2v) is 4.91. The van der Waals surface area contributed by atoms with Crippen LogP contribution in [-0.2, 0) is 13.2 Å². The molecule has 0 bridgehead atoms. The highest BCUT2D eigenvalue weighted by molar-refractivity contribution is 7.15. The van der Waals surface area contributed by atoms with Crippen molar-refractivity contribution in [3.05, 3.63) is 45.4 Å². The van der Waals surface area contributed by atoms with Gasteiger partial charge in [0, 0.05) is 12.7 Å². The number of nitrogens with two attached hydrogens (primary N) is 1. The Balaban J connectivity index is 1.94. The molecule has 2 N–H and O–H groups in total. The van der Waals surface area contributed by atoms with Gasteiger partial charge in [-0.2, -0.15) is 0 Å². The zero-order valence-corrected chi connectivity index (χ0v) is 10.1. The number of hydrogen-bond donors (Lipinski definition) is 1. The van der Waals surface area contributed by atoms with Gasteiger partial charge in [-0.05, 0) is 17.7 Å². The predicted molar refractivity (Wildman–Crippen MR) is 65.8 cm³/mol. The summed E-state index contributed by atoms with van der Waals surface area (Å²) < 4.78 is 6.11. The van der Waals surface area contributed by atoms with Crippen LogP contribution in [0.2, 0.25) is 4.47 Å². The third kappa shape index (κ3) is 2.95. The first-order valence-corrected chi connectivity index (χ1v) is 5.99. The van der Waals surface area contributed by atoms with Crippen LogP contribution in [0.4, 0.5) is 0 Å². The summed E-state index contributed by atoms with van der Waals surface area (Å²) in [5, 5.41) is 0. The van der Waals surface area contributed by atoms with Crippen molar-refractivity contribution in [2.45, 2.75) is 13.2 Å². The molecular formula is C11H11ClN2OS. The Kier molecular flexibility index (Phi) is 3.77. The lowest BCUT2D eigenvalue weighted by atomic mass is 10.2. The number of thiazole rings is 1. The topological polar surface area (TPSA) is 48.1 Å². The number of aromatic nitrogens is 1. The summed E-state index contributed by atoms with van der Waals surface area (Å²) >= 11 is 7.14. The molecule has 5 heteroatoms. The number of nitrogens with zero attached hydrogens (tertiary/aromatic N) is 1. The van der Waals surface area contributed by atoms with Gasteiger partial charge >= 0.3 is 0 Å². The zero-order valence-electron chi connectivity index (χ0n) is 8.52. The SMILES string of the molecule is NCc1ccc(OCc2cnc(Cl)s2)cc1. The Hall–Kier alpha value is -1.10. The van der Waals surface area contributed by atoms with Crippen LogP contribution < -0.4 is 10.5 Å². The molecule has 2 rings (SSSR count). The van der Waals surface area contributed by atoms with Crippen LogP contribution in [-0.4, -0.2) is 4.98 Å². The van der Waals surface area contributed by atoms with Gasteiger partial charge in [0.25, 0.3) is 0 Å². The first-order valence-electron chi connectivity index (χ1n) is 4.80. The smallest absolute Gasteiger partial charge is 0.183 e. The molecular weight excluding hydrogens is 244 g/mol. The molecule has 0 atom stereocenters.